The lowest BCUT2D eigenvalue weighted by Gasteiger charge is -2.34. The molecule has 2 fully saturated rings. The zero-order chi connectivity index (χ0) is 16.6. The van der Waals surface area contributed by atoms with Gasteiger partial charge in [0.15, 0.2) is 0 Å². The Balaban J connectivity index is 2.06. The molecule has 0 radical (unpaired) electrons. The molecule has 23 heavy (non-hydrogen) atoms. The minimum Gasteiger partial charge on any atom is -0.392 e. The van der Waals surface area contributed by atoms with Gasteiger partial charge in [-0.25, -0.2) is 0 Å². The number of hydroxylamine groups is 1. The van der Waals surface area contributed by atoms with Crippen molar-refractivity contribution in [2.24, 2.45) is 11.8 Å². The van der Waals surface area contributed by atoms with E-state index in [2.05, 4.69) is 18.5 Å². The van der Waals surface area contributed by atoms with Crippen LogP contribution in [0.2, 0.25) is 10.0 Å². The van der Waals surface area contributed by atoms with Crippen LogP contribution in [0.5, 0.6) is 0 Å². The first-order valence-corrected chi connectivity index (χ1v) is 8.95. The lowest BCUT2D eigenvalue weighted by molar-refractivity contribution is 0.108. The predicted octanol–water partition coefficient (Wildman–Crippen LogP) is 4.68. The lowest BCUT2D eigenvalue weighted by atomic mass is 9.72. The highest BCUT2D eigenvalue weighted by atomic mass is 35.5. The molecule has 4 atom stereocenters. The summed E-state index contributed by atoms with van der Waals surface area (Å²) in [5, 5.41) is 11.7. The molecule has 2 aliphatic rings. The molecule has 0 aliphatic heterocycles. The van der Waals surface area contributed by atoms with Gasteiger partial charge in [0.05, 0.1) is 23.3 Å². The van der Waals surface area contributed by atoms with Gasteiger partial charge in [-0.1, -0.05) is 36.2 Å². The van der Waals surface area contributed by atoms with E-state index in [1.54, 1.807) is 7.11 Å². The van der Waals surface area contributed by atoms with Crippen molar-refractivity contribution in [2.45, 2.75) is 44.6 Å². The molecule has 2 aliphatic carbocycles. The van der Waals surface area contributed by atoms with Gasteiger partial charge in [0.1, 0.15) is 0 Å². The molecule has 0 saturated heterocycles. The number of rotatable bonds is 4. The quantitative estimate of drug-likeness (QED) is 0.770. The summed E-state index contributed by atoms with van der Waals surface area (Å²) in [6.07, 6.45) is 3.56. The van der Waals surface area contributed by atoms with Crippen molar-refractivity contribution in [3.63, 3.8) is 0 Å². The fourth-order valence-corrected chi connectivity index (χ4v) is 4.61. The molecule has 2 N–H and O–H groups in total. The largest absolute Gasteiger partial charge is 0.392 e. The van der Waals surface area contributed by atoms with Crippen LogP contribution in [0, 0.1) is 11.8 Å². The molecular weight excluding hydrogens is 333 g/mol. The minimum absolute atomic E-state index is 0.200. The number of allylic oxidation sites excluding steroid dienone is 1. The summed E-state index contributed by atoms with van der Waals surface area (Å²) in [6.45, 7) is 2.10. The molecule has 2 saturated carbocycles. The summed E-state index contributed by atoms with van der Waals surface area (Å²) in [6, 6.07) is 5.88. The number of aliphatic hydroxyl groups excluding tert-OH is 1. The monoisotopic (exact) mass is 355 g/mol. The van der Waals surface area contributed by atoms with Crippen LogP contribution in [-0.4, -0.2) is 18.3 Å². The summed E-state index contributed by atoms with van der Waals surface area (Å²) < 4.78 is 0. The Labute approximate surface area is 147 Å². The van der Waals surface area contributed by atoms with Gasteiger partial charge in [0.25, 0.3) is 0 Å². The van der Waals surface area contributed by atoms with Crippen molar-refractivity contribution < 1.29 is 9.94 Å². The minimum atomic E-state index is -0.261. The van der Waals surface area contributed by atoms with E-state index >= 15 is 0 Å². The third kappa shape index (κ3) is 3.25. The number of hydrogen-bond acceptors (Lipinski definition) is 3. The van der Waals surface area contributed by atoms with Gasteiger partial charge in [-0.15, -0.1) is 0 Å². The molecule has 5 heteroatoms. The molecule has 0 amide bonds. The maximum atomic E-state index is 10.5. The van der Waals surface area contributed by atoms with E-state index in [0.717, 1.165) is 31.4 Å². The van der Waals surface area contributed by atoms with Gasteiger partial charge in [-0.2, -0.15) is 0 Å². The van der Waals surface area contributed by atoms with Crippen molar-refractivity contribution in [3.8, 4) is 0 Å². The molecule has 0 spiro atoms. The van der Waals surface area contributed by atoms with E-state index in [4.69, 9.17) is 28.0 Å². The summed E-state index contributed by atoms with van der Waals surface area (Å²) >= 11 is 12.3. The Bertz CT molecular complexity index is 617. The number of halogens is 2. The summed E-state index contributed by atoms with van der Waals surface area (Å²) in [4.78, 5) is 5.18. The van der Waals surface area contributed by atoms with Crippen LogP contribution in [0.15, 0.2) is 29.5 Å². The highest BCUT2D eigenvalue weighted by Crippen LogP contribution is 2.53. The third-order valence-electron chi connectivity index (χ3n) is 5.24. The predicted molar refractivity (Wildman–Crippen MR) is 93.5 cm³/mol. The molecule has 3 nitrogen and oxygen atoms in total. The summed E-state index contributed by atoms with van der Waals surface area (Å²) in [7, 11) is 1.63. The topological polar surface area (TPSA) is 41.5 Å². The van der Waals surface area contributed by atoms with E-state index < -0.39 is 0 Å². The van der Waals surface area contributed by atoms with Crippen LogP contribution < -0.4 is 5.48 Å². The SMILES string of the molecule is CCC(NOC)=C1[C@H](c2ccc(Cl)c(Cl)c2)CC2CC(O)[C@H]1C2. The van der Waals surface area contributed by atoms with Crippen molar-refractivity contribution in [3.05, 3.63) is 45.1 Å². The molecule has 3 rings (SSSR count). The maximum absolute atomic E-state index is 10.5. The Hall–Kier alpha value is -0.740. The molecule has 126 valence electrons. The fraction of sp³-hybridized carbons (Fsp3) is 0.556. The van der Waals surface area contributed by atoms with Crippen molar-refractivity contribution in [1.82, 2.24) is 5.48 Å². The van der Waals surface area contributed by atoms with Crippen LogP contribution in [-0.2, 0) is 4.84 Å². The molecule has 2 bridgehead atoms. The zero-order valence-electron chi connectivity index (χ0n) is 13.5. The first-order valence-electron chi connectivity index (χ1n) is 8.20. The van der Waals surface area contributed by atoms with E-state index in [1.165, 1.54) is 11.1 Å². The van der Waals surface area contributed by atoms with Crippen LogP contribution >= 0.6 is 23.2 Å². The van der Waals surface area contributed by atoms with Crippen LogP contribution in [0.25, 0.3) is 0 Å². The Morgan fingerprint density at radius 3 is 2.70 bits per heavy atom. The van der Waals surface area contributed by atoms with Gasteiger partial charge in [0, 0.05) is 17.5 Å². The van der Waals surface area contributed by atoms with Crippen molar-refractivity contribution in [2.75, 3.05) is 7.11 Å². The first-order chi connectivity index (χ1) is 11.0. The van der Waals surface area contributed by atoms with Gasteiger partial charge in [-0.05, 0) is 54.9 Å². The van der Waals surface area contributed by atoms with Gasteiger partial charge in [0.2, 0.25) is 0 Å². The van der Waals surface area contributed by atoms with Gasteiger partial charge < -0.3 is 5.11 Å². The first kappa shape index (κ1) is 17.1. The van der Waals surface area contributed by atoms with Crippen molar-refractivity contribution >= 4 is 23.2 Å². The molecule has 2 unspecified atom stereocenters. The fourth-order valence-electron chi connectivity index (χ4n) is 4.30. The maximum Gasteiger partial charge on any atom is 0.0636 e. The molecule has 1 aromatic carbocycles. The van der Waals surface area contributed by atoms with E-state index in [1.807, 2.05) is 12.1 Å². The highest BCUT2D eigenvalue weighted by Gasteiger charge is 2.45. The average molecular weight is 356 g/mol. The van der Waals surface area contributed by atoms with Crippen LogP contribution in [0.1, 0.15) is 44.1 Å². The van der Waals surface area contributed by atoms with Crippen molar-refractivity contribution in [1.29, 1.82) is 0 Å². The standard InChI is InChI=1S/C18H23Cl2NO2/c1-3-16(21-23-2)18-12(6-10-7-13(18)17(22)8-10)11-4-5-14(19)15(20)9-11/h4-5,9-10,12-13,17,21-22H,3,6-8H2,1-2H3/t10?,12-,13+,17?/m0/s1. The smallest absolute Gasteiger partial charge is 0.0636 e. The van der Waals surface area contributed by atoms with Gasteiger partial charge >= 0.3 is 0 Å². The summed E-state index contributed by atoms with van der Waals surface area (Å²) in [5.74, 6) is 1.02. The Morgan fingerprint density at radius 2 is 2.04 bits per heavy atom. The van der Waals surface area contributed by atoms with Gasteiger partial charge in [-0.3, -0.25) is 10.3 Å². The zero-order valence-corrected chi connectivity index (χ0v) is 15.0. The third-order valence-corrected chi connectivity index (χ3v) is 5.98. The number of benzene rings is 1. The normalized spacial score (nSPS) is 32.0. The lowest BCUT2D eigenvalue weighted by Crippen LogP contribution is -2.27. The summed E-state index contributed by atoms with van der Waals surface area (Å²) in [5.41, 5.74) is 6.56. The van der Waals surface area contributed by atoms with Crippen LogP contribution in [0.3, 0.4) is 0 Å². The highest BCUT2D eigenvalue weighted by molar-refractivity contribution is 6.42. The van der Waals surface area contributed by atoms with E-state index in [0.29, 0.717) is 16.0 Å². The Morgan fingerprint density at radius 1 is 1.26 bits per heavy atom. The number of aliphatic hydroxyl groups is 1. The van der Waals surface area contributed by atoms with E-state index in [-0.39, 0.29) is 17.9 Å². The second-order valence-corrected chi connectivity index (χ2v) is 7.38. The molecular formula is C18H23Cl2NO2. The van der Waals surface area contributed by atoms with E-state index in [9.17, 15) is 5.11 Å². The number of fused-ring (bicyclic) bond motifs is 2. The Kier molecular flexibility index (Phi) is 5.22. The van der Waals surface area contributed by atoms with Crippen LogP contribution in [0.4, 0.5) is 0 Å². The molecule has 1 aromatic rings. The number of hydrogen-bond donors (Lipinski definition) is 2. The second kappa shape index (κ2) is 7.02. The average Bonchev–Trinajstić information content (AvgIpc) is 2.83. The molecule has 0 aromatic heterocycles. The second-order valence-electron chi connectivity index (χ2n) is 6.57. The number of nitrogens with one attached hydrogen (secondary N) is 1. The molecule has 0 heterocycles.